The molecule has 0 amide bonds. The molecule has 3 nitrogen and oxygen atoms in total. The molecule has 96 valence electrons. The summed E-state index contributed by atoms with van der Waals surface area (Å²) in [5.74, 6) is -1.04. The minimum Gasteiger partial charge on any atom is -0.478 e. The minimum atomic E-state index is -1.20. The Hall–Kier alpha value is -1.42. The van der Waals surface area contributed by atoms with E-state index in [-0.39, 0.29) is 5.56 Å². The number of hydrogen-bond acceptors (Lipinski definition) is 2. The number of aromatic carboxylic acids is 1. The summed E-state index contributed by atoms with van der Waals surface area (Å²) in [7, 11) is 0. The first kappa shape index (κ1) is 11.7. The van der Waals surface area contributed by atoms with Gasteiger partial charge in [0.25, 0.3) is 0 Å². The van der Waals surface area contributed by atoms with E-state index in [1.807, 2.05) is 0 Å². The number of rotatable bonds is 3. The summed E-state index contributed by atoms with van der Waals surface area (Å²) in [4.78, 5) is 13.3. The van der Waals surface area contributed by atoms with E-state index in [9.17, 15) is 9.18 Å². The quantitative estimate of drug-likeness (QED) is 0.894. The summed E-state index contributed by atoms with van der Waals surface area (Å²) >= 11 is 0. The summed E-state index contributed by atoms with van der Waals surface area (Å²) in [5.41, 5.74) is 0.665. The van der Waals surface area contributed by atoms with Crippen LogP contribution < -0.4 is 0 Å². The first-order valence-electron chi connectivity index (χ1n) is 6.39. The normalized spacial score (nSPS) is 26.7. The van der Waals surface area contributed by atoms with E-state index in [0.717, 1.165) is 24.6 Å². The van der Waals surface area contributed by atoms with Crippen molar-refractivity contribution in [3.63, 3.8) is 0 Å². The van der Waals surface area contributed by atoms with Gasteiger partial charge in [0.2, 0.25) is 0 Å². The van der Waals surface area contributed by atoms with Gasteiger partial charge in [-0.05, 0) is 42.9 Å². The third-order valence-electron chi connectivity index (χ3n) is 4.17. The van der Waals surface area contributed by atoms with Gasteiger partial charge in [-0.15, -0.1) is 0 Å². The lowest BCUT2D eigenvalue weighted by molar-refractivity contribution is 0.0691. The summed E-state index contributed by atoms with van der Waals surface area (Å²) < 4.78 is 13.3. The Labute approximate surface area is 105 Å². The maximum atomic E-state index is 13.3. The van der Waals surface area contributed by atoms with Gasteiger partial charge in [-0.1, -0.05) is 6.07 Å². The number of hydrogen-bond donors (Lipinski definition) is 1. The van der Waals surface area contributed by atoms with E-state index in [0.29, 0.717) is 6.04 Å². The van der Waals surface area contributed by atoms with Crippen molar-refractivity contribution < 1.29 is 14.3 Å². The molecule has 1 aliphatic carbocycles. The van der Waals surface area contributed by atoms with Crippen LogP contribution in [0.2, 0.25) is 0 Å². The van der Waals surface area contributed by atoms with Crippen molar-refractivity contribution in [3.8, 4) is 0 Å². The topological polar surface area (TPSA) is 40.5 Å². The average Bonchev–Trinajstić information content (AvgIpc) is 2.93. The van der Waals surface area contributed by atoms with Crippen molar-refractivity contribution >= 4 is 5.97 Å². The van der Waals surface area contributed by atoms with Crippen LogP contribution in [0.3, 0.4) is 0 Å². The van der Waals surface area contributed by atoms with Gasteiger partial charge in [0.15, 0.2) is 0 Å². The zero-order chi connectivity index (χ0) is 12.7. The van der Waals surface area contributed by atoms with E-state index in [4.69, 9.17) is 5.11 Å². The highest BCUT2D eigenvalue weighted by Gasteiger charge is 2.37. The molecule has 2 aliphatic rings. The van der Waals surface area contributed by atoms with Crippen molar-refractivity contribution in [2.24, 2.45) is 5.92 Å². The highest BCUT2D eigenvalue weighted by molar-refractivity contribution is 5.88. The second-order valence-corrected chi connectivity index (χ2v) is 5.38. The smallest absolute Gasteiger partial charge is 0.338 e. The van der Waals surface area contributed by atoms with Crippen LogP contribution in [0, 0.1) is 11.7 Å². The first-order chi connectivity index (χ1) is 8.63. The van der Waals surface area contributed by atoms with Crippen molar-refractivity contribution in [2.75, 3.05) is 6.54 Å². The fourth-order valence-corrected chi connectivity index (χ4v) is 3.29. The van der Waals surface area contributed by atoms with Crippen LogP contribution >= 0.6 is 0 Å². The van der Waals surface area contributed by atoms with Gasteiger partial charge in [-0.3, -0.25) is 4.90 Å². The molecule has 4 heteroatoms. The van der Waals surface area contributed by atoms with E-state index >= 15 is 0 Å². The monoisotopic (exact) mass is 249 g/mol. The standard InChI is InChI=1S/C14H16FNO2/c15-13-4-2-10(6-12(13)14(17)18)8-16-7-9-1-3-11(16)5-9/h2,4,6,9,11H,1,3,5,7-8H2,(H,17,18). The second-order valence-electron chi connectivity index (χ2n) is 5.38. The van der Waals surface area contributed by atoms with E-state index in [1.165, 1.54) is 31.4 Å². The number of nitrogens with zero attached hydrogens (tertiary/aromatic N) is 1. The highest BCUT2D eigenvalue weighted by atomic mass is 19.1. The predicted molar refractivity (Wildman–Crippen MR) is 64.9 cm³/mol. The number of carboxylic acids is 1. The number of benzene rings is 1. The summed E-state index contributed by atoms with van der Waals surface area (Å²) in [6.07, 6.45) is 3.84. The predicted octanol–water partition coefficient (Wildman–Crippen LogP) is 2.51. The molecule has 1 heterocycles. The van der Waals surface area contributed by atoms with Crippen molar-refractivity contribution in [1.29, 1.82) is 0 Å². The largest absolute Gasteiger partial charge is 0.478 e. The Bertz CT molecular complexity index is 489. The number of piperidine rings is 1. The molecule has 18 heavy (non-hydrogen) atoms. The summed E-state index contributed by atoms with van der Waals surface area (Å²) in [6, 6.07) is 5.05. The van der Waals surface area contributed by atoms with Crippen LogP contribution in [0.4, 0.5) is 4.39 Å². The zero-order valence-electron chi connectivity index (χ0n) is 10.1. The van der Waals surface area contributed by atoms with Gasteiger partial charge in [-0.2, -0.15) is 0 Å². The molecule has 1 saturated heterocycles. The molecule has 0 spiro atoms. The van der Waals surface area contributed by atoms with Crippen LogP contribution in [0.15, 0.2) is 18.2 Å². The lowest BCUT2D eigenvalue weighted by atomic mass is 10.1. The molecule has 2 bridgehead atoms. The number of carbonyl (C=O) groups is 1. The molecule has 1 saturated carbocycles. The second kappa shape index (κ2) is 4.35. The lowest BCUT2D eigenvalue weighted by Gasteiger charge is -2.26. The fourth-order valence-electron chi connectivity index (χ4n) is 3.29. The number of likely N-dealkylation sites (tertiary alicyclic amines) is 1. The first-order valence-corrected chi connectivity index (χ1v) is 6.39. The SMILES string of the molecule is O=C(O)c1cc(CN2CC3CCC2C3)ccc1F. The molecule has 1 N–H and O–H groups in total. The zero-order valence-corrected chi connectivity index (χ0v) is 10.1. The van der Waals surface area contributed by atoms with E-state index < -0.39 is 11.8 Å². The van der Waals surface area contributed by atoms with Crippen LogP contribution in [0.25, 0.3) is 0 Å². The van der Waals surface area contributed by atoms with Crippen LogP contribution in [-0.2, 0) is 6.54 Å². The molecule has 2 unspecified atom stereocenters. The summed E-state index contributed by atoms with van der Waals surface area (Å²) in [6.45, 7) is 1.84. The van der Waals surface area contributed by atoms with Crippen LogP contribution in [0.1, 0.15) is 35.2 Å². The van der Waals surface area contributed by atoms with Crippen molar-refractivity contribution in [2.45, 2.75) is 31.8 Å². The number of carboxylic acid groups (broad SMARTS) is 1. The van der Waals surface area contributed by atoms with Gasteiger partial charge in [0.05, 0.1) is 5.56 Å². The lowest BCUT2D eigenvalue weighted by Crippen LogP contribution is -2.31. The van der Waals surface area contributed by atoms with Gasteiger partial charge >= 0.3 is 5.97 Å². The highest BCUT2D eigenvalue weighted by Crippen LogP contribution is 2.38. The molecule has 2 fully saturated rings. The molecule has 3 rings (SSSR count). The Morgan fingerprint density at radius 3 is 2.89 bits per heavy atom. The molecule has 2 atom stereocenters. The van der Waals surface area contributed by atoms with E-state index in [1.54, 1.807) is 6.07 Å². The average molecular weight is 249 g/mol. The molecule has 1 aromatic carbocycles. The Balaban J connectivity index is 1.77. The number of halogens is 1. The Kier molecular flexibility index (Phi) is 2.82. The molecule has 1 aliphatic heterocycles. The van der Waals surface area contributed by atoms with Gasteiger partial charge < -0.3 is 5.11 Å². The van der Waals surface area contributed by atoms with Crippen LogP contribution in [-0.4, -0.2) is 28.6 Å². The number of fused-ring (bicyclic) bond motifs is 2. The molecule has 0 radical (unpaired) electrons. The van der Waals surface area contributed by atoms with E-state index in [2.05, 4.69) is 4.90 Å². The van der Waals surface area contributed by atoms with Gasteiger partial charge in [-0.25, -0.2) is 9.18 Å². The Morgan fingerprint density at radius 1 is 1.44 bits per heavy atom. The summed E-state index contributed by atoms with van der Waals surface area (Å²) in [5, 5.41) is 8.90. The van der Waals surface area contributed by atoms with Crippen LogP contribution in [0.5, 0.6) is 0 Å². The molecular formula is C14H16FNO2. The van der Waals surface area contributed by atoms with Crippen molar-refractivity contribution in [3.05, 3.63) is 35.1 Å². The minimum absolute atomic E-state index is 0.225. The van der Waals surface area contributed by atoms with Gasteiger partial charge in [0.1, 0.15) is 5.82 Å². The molecular weight excluding hydrogens is 233 g/mol. The maximum Gasteiger partial charge on any atom is 0.338 e. The molecule has 0 aromatic heterocycles. The molecule has 1 aromatic rings. The fraction of sp³-hybridized carbons (Fsp3) is 0.500. The third kappa shape index (κ3) is 2.01. The Morgan fingerprint density at radius 2 is 2.28 bits per heavy atom. The third-order valence-corrected chi connectivity index (χ3v) is 4.17. The maximum absolute atomic E-state index is 13.3. The van der Waals surface area contributed by atoms with Crippen molar-refractivity contribution in [1.82, 2.24) is 4.90 Å². The van der Waals surface area contributed by atoms with Gasteiger partial charge in [0, 0.05) is 19.1 Å².